The number of benzene rings is 1. The van der Waals surface area contributed by atoms with Gasteiger partial charge in [0, 0.05) is 18.7 Å². The second-order valence-electron chi connectivity index (χ2n) is 7.91. The van der Waals surface area contributed by atoms with Gasteiger partial charge in [-0.05, 0) is 49.3 Å². The number of imide groups is 1. The number of fused-ring (bicyclic) bond motifs is 5. The van der Waals surface area contributed by atoms with E-state index in [1.54, 1.807) is 24.3 Å². The molecule has 6 nitrogen and oxygen atoms in total. The number of anilines is 1. The number of nitrogens with one attached hydrogen (secondary N) is 1. The van der Waals surface area contributed by atoms with Crippen molar-refractivity contribution in [3.63, 3.8) is 0 Å². The summed E-state index contributed by atoms with van der Waals surface area (Å²) in [7, 11) is 0. The minimum atomic E-state index is -0.232. The van der Waals surface area contributed by atoms with Gasteiger partial charge in [-0.2, -0.15) is 0 Å². The van der Waals surface area contributed by atoms with E-state index in [-0.39, 0.29) is 47.5 Å². The summed E-state index contributed by atoms with van der Waals surface area (Å²) >= 11 is 0. The molecule has 4 aliphatic rings. The van der Waals surface area contributed by atoms with Crippen LogP contribution in [0.2, 0.25) is 0 Å². The minimum Gasteiger partial charge on any atom is -0.376 e. The van der Waals surface area contributed by atoms with Crippen LogP contribution in [0.4, 0.5) is 5.69 Å². The lowest BCUT2D eigenvalue weighted by Gasteiger charge is -2.18. The lowest BCUT2D eigenvalue weighted by Crippen LogP contribution is -2.34. The molecule has 2 aliphatic carbocycles. The molecule has 1 N–H and O–H groups in total. The standard InChI is InChI=1S/C21H22N2O4/c24-19(22-11-16-5-2-8-27-16)14-3-1-4-15(10-14)23-20(25)17-12-6-7-13(9-12)18(17)21(23)26/h1,3-4,6-7,10,12-13,16-18H,2,5,8-9,11H2,(H,22,24)/t12-,13-,16+,17+,18+/m1/s1. The number of rotatable bonds is 4. The number of hydrogen-bond donors (Lipinski definition) is 1. The Bertz CT molecular complexity index is 812. The molecule has 2 bridgehead atoms. The van der Waals surface area contributed by atoms with Crippen LogP contribution in [0.1, 0.15) is 29.6 Å². The summed E-state index contributed by atoms with van der Waals surface area (Å²) in [6.45, 7) is 1.22. The van der Waals surface area contributed by atoms with Crippen molar-refractivity contribution in [3.8, 4) is 0 Å². The molecule has 1 saturated carbocycles. The first-order valence-electron chi connectivity index (χ1n) is 9.69. The number of amides is 3. The van der Waals surface area contributed by atoms with Gasteiger partial charge in [0.15, 0.2) is 0 Å². The Morgan fingerprint density at radius 3 is 2.56 bits per heavy atom. The monoisotopic (exact) mass is 366 g/mol. The molecule has 2 saturated heterocycles. The normalized spacial score (nSPS) is 33.8. The van der Waals surface area contributed by atoms with Gasteiger partial charge in [0.25, 0.3) is 5.91 Å². The summed E-state index contributed by atoms with van der Waals surface area (Å²) in [4.78, 5) is 39.6. The van der Waals surface area contributed by atoms with Crippen LogP contribution in [-0.4, -0.2) is 37.0 Å². The van der Waals surface area contributed by atoms with Gasteiger partial charge in [-0.1, -0.05) is 18.2 Å². The van der Waals surface area contributed by atoms with E-state index in [9.17, 15) is 14.4 Å². The molecule has 3 amide bonds. The summed E-state index contributed by atoms with van der Waals surface area (Å²) < 4.78 is 5.52. The van der Waals surface area contributed by atoms with Crippen molar-refractivity contribution >= 4 is 23.4 Å². The number of hydrogen-bond acceptors (Lipinski definition) is 4. The zero-order chi connectivity index (χ0) is 18.5. The first-order valence-corrected chi connectivity index (χ1v) is 9.69. The van der Waals surface area contributed by atoms with Crippen LogP contribution in [-0.2, 0) is 14.3 Å². The molecule has 2 aliphatic heterocycles. The molecule has 1 aromatic carbocycles. The summed E-state index contributed by atoms with van der Waals surface area (Å²) in [5.41, 5.74) is 0.938. The molecule has 0 spiro atoms. The van der Waals surface area contributed by atoms with Gasteiger partial charge in [0.2, 0.25) is 11.8 Å². The molecule has 0 unspecified atom stereocenters. The Balaban J connectivity index is 1.34. The largest absolute Gasteiger partial charge is 0.376 e. The van der Waals surface area contributed by atoms with Crippen LogP contribution < -0.4 is 10.2 Å². The SMILES string of the molecule is O=C(NC[C@@H]1CCCO1)c1cccc(N2C(=O)[C@@H]3[C@@H](C2=O)[C@@H]2C=C[C@@H]3C2)c1. The second kappa shape index (κ2) is 6.30. The maximum Gasteiger partial charge on any atom is 0.251 e. The van der Waals surface area contributed by atoms with Crippen molar-refractivity contribution in [3.05, 3.63) is 42.0 Å². The zero-order valence-corrected chi connectivity index (χ0v) is 15.0. The number of carbonyl (C=O) groups excluding carboxylic acids is 3. The number of nitrogens with zero attached hydrogens (tertiary/aromatic N) is 1. The second-order valence-corrected chi connectivity index (χ2v) is 7.91. The Kier molecular flexibility index (Phi) is 3.90. The maximum atomic E-state index is 12.9. The van der Waals surface area contributed by atoms with Crippen LogP contribution in [0.5, 0.6) is 0 Å². The van der Waals surface area contributed by atoms with E-state index < -0.39 is 0 Å². The molecule has 5 atom stereocenters. The van der Waals surface area contributed by atoms with Crippen LogP contribution in [0.3, 0.4) is 0 Å². The van der Waals surface area contributed by atoms with E-state index in [1.165, 1.54) is 4.90 Å². The summed E-state index contributed by atoms with van der Waals surface area (Å²) in [6, 6.07) is 6.78. The fourth-order valence-electron chi connectivity index (χ4n) is 5.06. The third-order valence-electron chi connectivity index (χ3n) is 6.35. The molecule has 3 fully saturated rings. The van der Waals surface area contributed by atoms with Crippen LogP contribution >= 0.6 is 0 Å². The van der Waals surface area contributed by atoms with E-state index in [0.29, 0.717) is 17.8 Å². The van der Waals surface area contributed by atoms with Gasteiger partial charge in [-0.25, -0.2) is 4.90 Å². The first kappa shape index (κ1) is 16.7. The minimum absolute atomic E-state index is 0.0706. The predicted molar refractivity (Wildman–Crippen MR) is 98.0 cm³/mol. The predicted octanol–water partition coefficient (Wildman–Crippen LogP) is 1.91. The van der Waals surface area contributed by atoms with Gasteiger partial charge < -0.3 is 10.1 Å². The Morgan fingerprint density at radius 2 is 1.89 bits per heavy atom. The third kappa shape index (κ3) is 2.62. The van der Waals surface area contributed by atoms with Crippen molar-refractivity contribution in [2.24, 2.45) is 23.7 Å². The van der Waals surface area contributed by atoms with Crippen LogP contribution in [0, 0.1) is 23.7 Å². The fourth-order valence-corrected chi connectivity index (χ4v) is 5.06. The average Bonchev–Trinajstić information content (AvgIpc) is 3.45. The number of ether oxygens (including phenoxy) is 1. The topological polar surface area (TPSA) is 75.7 Å². The van der Waals surface area contributed by atoms with Crippen LogP contribution in [0.25, 0.3) is 0 Å². The Morgan fingerprint density at radius 1 is 1.15 bits per heavy atom. The first-order chi connectivity index (χ1) is 13.1. The van der Waals surface area contributed by atoms with Crippen molar-refractivity contribution in [2.45, 2.75) is 25.4 Å². The molecule has 6 heteroatoms. The van der Waals surface area contributed by atoms with E-state index >= 15 is 0 Å². The van der Waals surface area contributed by atoms with E-state index in [1.807, 2.05) is 0 Å². The van der Waals surface area contributed by atoms with Gasteiger partial charge >= 0.3 is 0 Å². The van der Waals surface area contributed by atoms with Crippen molar-refractivity contribution < 1.29 is 19.1 Å². The lowest BCUT2D eigenvalue weighted by molar-refractivity contribution is -0.123. The highest BCUT2D eigenvalue weighted by Gasteiger charge is 2.59. The Hall–Kier alpha value is -2.47. The van der Waals surface area contributed by atoms with E-state index in [2.05, 4.69) is 17.5 Å². The highest BCUT2D eigenvalue weighted by molar-refractivity contribution is 6.23. The molecule has 0 radical (unpaired) electrons. The third-order valence-corrected chi connectivity index (χ3v) is 6.35. The van der Waals surface area contributed by atoms with Gasteiger partial charge in [-0.15, -0.1) is 0 Å². The van der Waals surface area contributed by atoms with Crippen molar-refractivity contribution in [1.82, 2.24) is 5.32 Å². The van der Waals surface area contributed by atoms with Gasteiger partial charge in [0.1, 0.15) is 0 Å². The smallest absolute Gasteiger partial charge is 0.251 e. The number of allylic oxidation sites excluding steroid dienone is 2. The van der Waals surface area contributed by atoms with Crippen molar-refractivity contribution in [1.29, 1.82) is 0 Å². The summed E-state index contributed by atoms with van der Waals surface area (Å²) in [6.07, 6.45) is 7.11. The van der Waals surface area contributed by atoms with Crippen LogP contribution in [0.15, 0.2) is 36.4 Å². The quantitative estimate of drug-likeness (QED) is 0.652. The summed E-state index contributed by atoms with van der Waals surface area (Å²) in [5.74, 6) is -0.571. The van der Waals surface area contributed by atoms with Crippen molar-refractivity contribution in [2.75, 3.05) is 18.1 Å². The average molecular weight is 366 g/mol. The molecule has 5 rings (SSSR count). The summed E-state index contributed by atoms with van der Waals surface area (Å²) in [5, 5.41) is 2.88. The van der Waals surface area contributed by atoms with Gasteiger partial charge in [0.05, 0.1) is 23.6 Å². The molecule has 0 aromatic heterocycles. The zero-order valence-electron chi connectivity index (χ0n) is 15.0. The maximum absolute atomic E-state index is 12.9. The van der Waals surface area contributed by atoms with Gasteiger partial charge in [-0.3, -0.25) is 14.4 Å². The fraction of sp³-hybridized carbons (Fsp3) is 0.476. The molecule has 27 heavy (non-hydrogen) atoms. The highest BCUT2D eigenvalue weighted by atomic mass is 16.5. The molecular formula is C21H22N2O4. The number of carbonyl (C=O) groups is 3. The Labute approximate surface area is 157 Å². The molecular weight excluding hydrogens is 344 g/mol. The highest BCUT2D eigenvalue weighted by Crippen LogP contribution is 2.53. The molecule has 1 aromatic rings. The van der Waals surface area contributed by atoms with E-state index in [0.717, 1.165) is 25.9 Å². The van der Waals surface area contributed by atoms with E-state index in [4.69, 9.17) is 4.74 Å². The molecule has 2 heterocycles. The lowest BCUT2D eigenvalue weighted by atomic mass is 9.85. The molecule has 140 valence electrons.